The lowest BCUT2D eigenvalue weighted by Crippen LogP contribution is -2.42. The van der Waals surface area contributed by atoms with E-state index in [1.54, 1.807) is 6.20 Å². The van der Waals surface area contributed by atoms with Crippen LogP contribution < -0.4 is 10.6 Å². The van der Waals surface area contributed by atoms with Crippen LogP contribution in [-0.2, 0) is 0 Å². The van der Waals surface area contributed by atoms with Gasteiger partial charge < -0.3 is 10.6 Å². The van der Waals surface area contributed by atoms with E-state index < -0.39 is 0 Å². The molecule has 18 heavy (non-hydrogen) atoms. The normalized spacial score (nSPS) is 16.9. The summed E-state index contributed by atoms with van der Waals surface area (Å²) in [7, 11) is 0. The Balaban J connectivity index is 1.81. The fraction of sp³-hybridized carbons (Fsp3) is 0.385. The van der Waals surface area contributed by atoms with Gasteiger partial charge in [0.05, 0.1) is 17.3 Å². The first kappa shape index (κ1) is 11.2. The molecule has 1 aromatic heterocycles. The molecule has 0 spiro atoms. The second-order valence-corrected chi connectivity index (χ2v) is 4.64. The molecule has 5 nitrogen and oxygen atoms in total. The van der Waals surface area contributed by atoms with Crippen molar-refractivity contribution in [1.82, 2.24) is 20.8 Å². The van der Waals surface area contributed by atoms with Crippen molar-refractivity contribution in [2.75, 3.05) is 13.1 Å². The third-order valence-electron chi connectivity index (χ3n) is 3.40. The van der Waals surface area contributed by atoms with E-state index in [0.717, 1.165) is 36.8 Å². The molecule has 1 aromatic carbocycles. The van der Waals surface area contributed by atoms with E-state index in [-0.39, 0.29) is 11.9 Å². The first-order chi connectivity index (χ1) is 8.84. The van der Waals surface area contributed by atoms with Gasteiger partial charge in [0, 0.05) is 11.4 Å². The summed E-state index contributed by atoms with van der Waals surface area (Å²) >= 11 is 0. The Kier molecular flexibility index (Phi) is 2.98. The highest BCUT2D eigenvalue weighted by Crippen LogP contribution is 2.16. The van der Waals surface area contributed by atoms with Gasteiger partial charge in [-0.3, -0.25) is 9.89 Å². The molecular formula is C13H16N4O. The molecule has 1 saturated heterocycles. The summed E-state index contributed by atoms with van der Waals surface area (Å²) in [4.78, 5) is 12.2. The fourth-order valence-electron chi connectivity index (χ4n) is 2.39. The molecule has 5 heteroatoms. The van der Waals surface area contributed by atoms with Crippen molar-refractivity contribution in [3.05, 3.63) is 30.0 Å². The van der Waals surface area contributed by atoms with Crippen molar-refractivity contribution >= 4 is 16.8 Å². The summed E-state index contributed by atoms with van der Waals surface area (Å²) < 4.78 is 0. The summed E-state index contributed by atoms with van der Waals surface area (Å²) in [6, 6.07) is 5.93. The predicted octanol–water partition coefficient (Wildman–Crippen LogP) is 1.04. The Labute approximate surface area is 105 Å². The van der Waals surface area contributed by atoms with Crippen LogP contribution in [0.4, 0.5) is 0 Å². The molecule has 1 fully saturated rings. The van der Waals surface area contributed by atoms with Gasteiger partial charge in [-0.05, 0) is 32.0 Å². The van der Waals surface area contributed by atoms with Crippen molar-refractivity contribution < 1.29 is 4.79 Å². The number of aromatic nitrogens is 2. The molecular weight excluding hydrogens is 228 g/mol. The van der Waals surface area contributed by atoms with Crippen LogP contribution >= 0.6 is 0 Å². The summed E-state index contributed by atoms with van der Waals surface area (Å²) in [5.41, 5.74) is 1.48. The third kappa shape index (κ3) is 2.09. The van der Waals surface area contributed by atoms with Gasteiger partial charge in [-0.25, -0.2) is 0 Å². The number of nitrogens with one attached hydrogen (secondary N) is 3. The number of hydrogen-bond acceptors (Lipinski definition) is 3. The molecule has 2 heterocycles. The van der Waals surface area contributed by atoms with E-state index in [0.29, 0.717) is 5.56 Å². The second kappa shape index (κ2) is 4.78. The lowest BCUT2D eigenvalue weighted by molar-refractivity contribution is 0.0931. The molecule has 0 unspecified atom stereocenters. The lowest BCUT2D eigenvalue weighted by atomic mass is 10.1. The van der Waals surface area contributed by atoms with E-state index in [4.69, 9.17) is 0 Å². The zero-order valence-electron chi connectivity index (χ0n) is 10.1. The van der Waals surface area contributed by atoms with E-state index >= 15 is 0 Å². The van der Waals surface area contributed by atoms with Crippen molar-refractivity contribution in [1.29, 1.82) is 0 Å². The smallest absolute Gasteiger partial charge is 0.253 e. The predicted molar refractivity (Wildman–Crippen MR) is 69.5 cm³/mol. The van der Waals surface area contributed by atoms with Crippen molar-refractivity contribution in [2.45, 2.75) is 18.9 Å². The van der Waals surface area contributed by atoms with Crippen molar-refractivity contribution in [2.24, 2.45) is 0 Å². The molecule has 0 atom stereocenters. The van der Waals surface area contributed by atoms with Crippen LogP contribution in [0.15, 0.2) is 24.4 Å². The number of piperidine rings is 1. The molecule has 0 radical (unpaired) electrons. The van der Waals surface area contributed by atoms with Gasteiger partial charge in [0.2, 0.25) is 0 Å². The highest BCUT2D eigenvalue weighted by Gasteiger charge is 2.18. The molecule has 94 valence electrons. The van der Waals surface area contributed by atoms with Crippen LogP contribution in [0.5, 0.6) is 0 Å². The molecule has 0 bridgehead atoms. The van der Waals surface area contributed by atoms with Crippen LogP contribution in [-0.4, -0.2) is 35.2 Å². The molecule has 1 aliphatic rings. The minimum Gasteiger partial charge on any atom is -0.349 e. The second-order valence-electron chi connectivity index (χ2n) is 4.64. The van der Waals surface area contributed by atoms with Gasteiger partial charge in [-0.15, -0.1) is 0 Å². The largest absolute Gasteiger partial charge is 0.349 e. The van der Waals surface area contributed by atoms with E-state index in [1.165, 1.54) is 0 Å². The highest BCUT2D eigenvalue weighted by atomic mass is 16.1. The summed E-state index contributed by atoms with van der Waals surface area (Å²) in [5, 5.41) is 14.2. The number of para-hydroxylation sites is 1. The number of hydrogen-bond donors (Lipinski definition) is 3. The monoisotopic (exact) mass is 244 g/mol. The Hall–Kier alpha value is -1.88. The maximum absolute atomic E-state index is 12.2. The van der Waals surface area contributed by atoms with Gasteiger partial charge >= 0.3 is 0 Å². The number of nitrogens with zero attached hydrogens (tertiary/aromatic N) is 1. The topological polar surface area (TPSA) is 69.8 Å². The van der Waals surface area contributed by atoms with E-state index in [9.17, 15) is 4.79 Å². The number of rotatable bonds is 2. The van der Waals surface area contributed by atoms with Crippen LogP contribution in [0.3, 0.4) is 0 Å². The number of amides is 1. The van der Waals surface area contributed by atoms with Crippen LogP contribution in [0.25, 0.3) is 10.9 Å². The Morgan fingerprint density at radius 1 is 1.33 bits per heavy atom. The van der Waals surface area contributed by atoms with E-state index in [1.807, 2.05) is 18.2 Å². The van der Waals surface area contributed by atoms with Gasteiger partial charge in [0.1, 0.15) is 0 Å². The summed E-state index contributed by atoms with van der Waals surface area (Å²) in [5.74, 6) is -0.0169. The number of carbonyl (C=O) groups is 1. The maximum atomic E-state index is 12.2. The van der Waals surface area contributed by atoms with Gasteiger partial charge in [0.25, 0.3) is 5.91 Å². The van der Waals surface area contributed by atoms with Gasteiger partial charge in [0.15, 0.2) is 0 Å². The van der Waals surface area contributed by atoms with Crippen LogP contribution in [0.1, 0.15) is 23.2 Å². The molecule has 0 aliphatic carbocycles. The average Bonchev–Trinajstić information content (AvgIpc) is 2.87. The SMILES string of the molecule is O=C(NC1CCNCC1)c1cccc2cn[nH]c12. The van der Waals surface area contributed by atoms with Gasteiger partial charge in [-0.2, -0.15) is 5.10 Å². The fourth-order valence-corrected chi connectivity index (χ4v) is 2.39. The van der Waals surface area contributed by atoms with Crippen molar-refractivity contribution in [3.63, 3.8) is 0 Å². The number of aromatic amines is 1. The summed E-state index contributed by atoms with van der Waals surface area (Å²) in [6.45, 7) is 1.94. The number of carbonyl (C=O) groups excluding carboxylic acids is 1. The summed E-state index contributed by atoms with van der Waals surface area (Å²) in [6.07, 6.45) is 3.71. The average molecular weight is 244 g/mol. The Morgan fingerprint density at radius 2 is 2.17 bits per heavy atom. The molecule has 3 N–H and O–H groups in total. The standard InChI is InChI=1S/C13H16N4O/c18-13(16-10-4-6-14-7-5-10)11-3-1-2-9-8-15-17-12(9)11/h1-3,8,10,14H,4-7H2,(H,15,17)(H,16,18). The highest BCUT2D eigenvalue weighted by molar-refractivity contribution is 6.05. The molecule has 3 rings (SSSR count). The lowest BCUT2D eigenvalue weighted by Gasteiger charge is -2.23. The molecule has 1 aliphatic heterocycles. The quantitative estimate of drug-likeness (QED) is 0.739. The minimum absolute atomic E-state index is 0.0169. The third-order valence-corrected chi connectivity index (χ3v) is 3.40. The van der Waals surface area contributed by atoms with E-state index in [2.05, 4.69) is 20.8 Å². The Morgan fingerprint density at radius 3 is 3.00 bits per heavy atom. The van der Waals surface area contributed by atoms with Crippen LogP contribution in [0, 0.1) is 0 Å². The number of H-pyrrole nitrogens is 1. The van der Waals surface area contributed by atoms with Crippen LogP contribution in [0.2, 0.25) is 0 Å². The number of benzene rings is 1. The first-order valence-corrected chi connectivity index (χ1v) is 6.28. The molecule has 1 amide bonds. The Bertz CT molecular complexity index is 557. The minimum atomic E-state index is -0.0169. The zero-order valence-corrected chi connectivity index (χ0v) is 10.1. The molecule has 2 aromatic rings. The zero-order chi connectivity index (χ0) is 12.4. The van der Waals surface area contributed by atoms with Gasteiger partial charge in [-0.1, -0.05) is 12.1 Å². The maximum Gasteiger partial charge on any atom is 0.253 e. The first-order valence-electron chi connectivity index (χ1n) is 6.28. The number of fused-ring (bicyclic) bond motifs is 1. The molecule has 0 saturated carbocycles. The van der Waals surface area contributed by atoms with Crippen molar-refractivity contribution in [3.8, 4) is 0 Å².